The van der Waals surface area contributed by atoms with Gasteiger partial charge in [0.25, 0.3) is 0 Å². The topological polar surface area (TPSA) is 68.2 Å². The third-order valence-corrected chi connectivity index (χ3v) is 7.39. The van der Waals surface area contributed by atoms with Gasteiger partial charge in [0, 0.05) is 77.0 Å². The minimum Gasteiger partial charge on any atom is -0.504 e. The third kappa shape index (κ3) is 5.13. The Balaban J connectivity index is 1.35. The van der Waals surface area contributed by atoms with Crippen molar-refractivity contribution in [3.8, 4) is 11.5 Å². The Morgan fingerprint density at radius 3 is 2.49 bits per heavy atom. The van der Waals surface area contributed by atoms with Gasteiger partial charge in [-0.3, -0.25) is 4.90 Å². The molecule has 5 rings (SSSR count). The fourth-order valence-electron chi connectivity index (χ4n) is 5.14. The lowest BCUT2D eigenvalue weighted by molar-refractivity contribution is 0.239. The number of aromatic nitrogens is 2. The molecular weight excluding hydrogens is 471 g/mol. The van der Waals surface area contributed by atoms with E-state index in [4.69, 9.17) is 14.7 Å². The molecule has 2 aromatic carbocycles. The van der Waals surface area contributed by atoms with Crippen molar-refractivity contribution in [2.75, 3.05) is 68.1 Å². The summed E-state index contributed by atoms with van der Waals surface area (Å²) in [6.07, 6.45) is 0.815. The van der Waals surface area contributed by atoms with Crippen molar-refractivity contribution in [1.82, 2.24) is 14.9 Å². The Labute approximate surface area is 217 Å². The first kappa shape index (κ1) is 25.1. The highest BCUT2D eigenvalue weighted by molar-refractivity contribution is 5.55. The lowest BCUT2D eigenvalue weighted by atomic mass is 10.0. The molecule has 1 saturated heterocycles. The van der Waals surface area contributed by atoms with Crippen LogP contribution >= 0.6 is 0 Å². The summed E-state index contributed by atoms with van der Waals surface area (Å²) in [5.41, 5.74) is 3.73. The molecule has 3 heterocycles. The molecule has 0 unspecified atom stereocenters. The van der Waals surface area contributed by atoms with Gasteiger partial charge in [0.15, 0.2) is 11.5 Å². The van der Waals surface area contributed by atoms with Crippen LogP contribution in [0.2, 0.25) is 0 Å². The van der Waals surface area contributed by atoms with Crippen molar-refractivity contribution in [2.24, 2.45) is 0 Å². The van der Waals surface area contributed by atoms with Gasteiger partial charge in [0.1, 0.15) is 11.6 Å². The first-order valence-electron chi connectivity index (χ1n) is 12.9. The molecule has 9 heteroatoms. The minimum absolute atomic E-state index is 0.181. The smallest absolute Gasteiger partial charge is 0.227 e. The van der Waals surface area contributed by atoms with Crippen molar-refractivity contribution in [1.29, 1.82) is 0 Å². The Bertz CT molecular complexity index is 1250. The predicted molar refractivity (Wildman–Crippen MR) is 144 cm³/mol. The maximum Gasteiger partial charge on any atom is 0.227 e. The van der Waals surface area contributed by atoms with Crippen LogP contribution in [-0.4, -0.2) is 73.4 Å². The highest BCUT2D eigenvalue weighted by Crippen LogP contribution is 2.33. The zero-order valence-corrected chi connectivity index (χ0v) is 21.8. The van der Waals surface area contributed by atoms with E-state index in [-0.39, 0.29) is 11.6 Å². The number of fused-ring (bicyclic) bond motifs is 1. The number of ether oxygens (including phenoxy) is 1. The maximum atomic E-state index is 14.3. The molecular formula is C28H35FN6O2. The van der Waals surface area contributed by atoms with Crippen molar-refractivity contribution >= 4 is 17.5 Å². The molecule has 8 nitrogen and oxygen atoms in total. The standard InChI is InChI=1S/C28H35FN6O2/c1-4-32(2)27-21-19-33(18-20-8-7-11-25(37-3)26(20)36)13-12-23(21)30-28(31-27)35-16-14-34(15-17-35)24-10-6-5-9-22(24)29/h5-11,36H,4,12-19H2,1-3H3. The number of benzene rings is 2. The van der Waals surface area contributed by atoms with E-state index in [2.05, 4.69) is 33.6 Å². The van der Waals surface area contributed by atoms with Gasteiger partial charge >= 0.3 is 0 Å². The zero-order valence-electron chi connectivity index (χ0n) is 21.8. The van der Waals surface area contributed by atoms with Gasteiger partial charge in [-0.25, -0.2) is 9.37 Å². The molecule has 1 N–H and O–H groups in total. The summed E-state index contributed by atoms with van der Waals surface area (Å²) in [5, 5.41) is 10.6. The maximum absolute atomic E-state index is 14.3. The number of phenols is 1. The number of nitrogens with zero attached hydrogens (tertiary/aromatic N) is 6. The zero-order chi connectivity index (χ0) is 25.9. The largest absolute Gasteiger partial charge is 0.504 e. The van der Waals surface area contributed by atoms with Crippen molar-refractivity contribution in [3.63, 3.8) is 0 Å². The van der Waals surface area contributed by atoms with Crippen LogP contribution in [0.4, 0.5) is 21.8 Å². The Morgan fingerprint density at radius 1 is 1.00 bits per heavy atom. The highest BCUT2D eigenvalue weighted by atomic mass is 19.1. The first-order chi connectivity index (χ1) is 18.0. The number of piperazine rings is 1. The number of methoxy groups -OCH3 is 1. The second-order valence-electron chi connectivity index (χ2n) is 9.64. The molecule has 3 aromatic rings. The highest BCUT2D eigenvalue weighted by Gasteiger charge is 2.28. The average Bonchev–Trinajstić information content (AvgIpc) is 2.93. The summed E-state index contributed by atoms with van der Waals surface area (Å²) in [6, 6.07) is 12.6. The lowest BCUT2D eigenvalue weighted by Crippen LogP contribution is -2.47. The molecule has 0 saturated carbocycles. The summed E-state index contributed by atoms with van der Waals surface area (Å²) in [5.74, 6) is 2.21. The van der Waals surface area contributed by atoms with Crippen LogP contribution in [-0.2, 0) is 19.5 Å². The van der Waals surface area contributed by atoms with E-state index < -0.39 is 0 Å². The number of phenolic OH excluding ortho intramolecular Hbond substituents is 1. The number of hydrogen-bond acceptors (Lipinski definition) is 8. The SMILES string of the molecule is CCN(C)c1nc(N2CCN(c3ccccc3F)CC2)nc2c1CN(Cc1cccc(OC)c1O)CC2. The van der Waals surface area contributed by atoms with Gasteiger partial charge in [-0.15, -0.1) is 0 Å². The molecule has 37 heavy (non-hydrogen) atoms. The molecule has 0 spiro atoms. The van der Waals surface area contributed by atoms with E-state index in [0.717, 1.165) is 74.3 Å². The molecule has 1 aromatic heterocycles. The van der Waals surface area contributed by atoms with Gasteiger partial charge in [0.05, 0.1) is 18.5 Å². The number of halogens is 1. The molecule has 0 atom stereocenters. The van der Waals surface area contributed by atoms with E-state index in [0.29, 0.717) is 24.5 Å². The third-order valence-electron chi connectivity index (χ3n) is 7.39. The van der Waals surface area contributed by atoms with Crippen molar-refractivity contribution < 1.29 is 14.2 Å². The van der Waals surface area contributed by atoms with E-state index >= 15 is 0 Å². The summed E-state index contributed by atoms with van der Waals surface area (Å²) >= 11 is 0. The first-order valence-corrected chi connectivity index (χ1v) is 12.9. The molecule has 196 valence electrons. The number of aromatic hydroxyl groups is 1. The van der Waals surface area contributed by atoms with Crippen LogP contribution in [0.5, 0.6) is 11.5 Å². The van der Waals surface area contributed by atoms with E-state index in [9.17, 15) is 9.50 Å². The fourth-order valence-corrected chi connectivity index (χ4v) is 5.14. The van der Waals surface area contributed by atoms with E-state index in [1.165, 1.54) is 6.07 Å². The summed E-state index contributed by atoms with van der Waals surface area (Å²) < 4.78 is 19.6. The van der Waals surface area contributed by atoms with Gasteiger partial charge in [-0.05, 0) is 25.1 Å². The second-order valence-corrected chi connectivity index (χ2v) is 9.64. The fraction of sp³-hybridized carbons (Fsp3) is 0.429. The van der Waals surface area contributed by atoms with E-state index in [1.54, 1.807) is 19.2 Å². The van der Waals surface area contributed by atoms with Gasteiger partial charge in [0.2, 0.25) is 5.95 Å². The number of rotatable bonds is 7. The van der Waals surface area contributed by atoms with Crippen LogP contribution in [0.15, 0.2) is 42.5 Å². The van der Waals surface area contributed by atoms with Gasteiger partial charge in [-0.1, -0.05) is 24.3 Å². The van der Waals surface area contributed by atoms with Crippen LogP contribution in [0.1, 0.15) is 23.7 Å². The Kier molecular flexibility index (Phi) is 7.32. The summed E-state index contributed by atoms with van der Waals surface area (Å²) in [6.45, 7) is 8.06. The summed E-state index contributed by atoms with van der Waals surface area (Å²) in [7, 11) is 3.63. The monoisotopic (exact) mass is 506 g/mol. The summed E-state index contributed by atoms with van der Waals surface area (Å²) in [4.78, 5) is 18.8. The van der Waals surface area contributed by atoms with Crippen molar-refractivity contribution in [2.45, 2.75) is 26.4 Å². The minimum atomic E-state index is -0.181. The molecule has 0 amide bonds. The molecule has 1 fully saturated rings. The number of hydrogen-bond donors (Lipinski definition) is 1. The molecule has 0 bridgehead atoms. The van der Waals surface area contributed by atoms with Crippen molar-refractivity contribution in [3.05, 3.63) is 65.1 Å². The number of anilines is 3. The van der Waals surface area contributed by atoms with Crippen LogP contribution in [0.25, 0.3) is 0 Å². The molecule has 0 aliphatic carbocycles. The lowest BCUT2D eigenvalue weighted by Gasteiger charge is -2.37. The number of para-hydroxylation sites is 2. The van der Waals surface area contributed by atoms with Crippen LogP contribution in [0, 0.1) is 5.82 Å². The quantitative estimate of drug-likeness (QED) is 0.521. The van der Waals surface area contributed by atoms with E-state index in [1.807, 2.05) is 24.3 Å². The molecule has 0 radical (unpaired) electrons. The van der Waals surface area contributed by atoms with Gasteiger partial charge in [-0.2, -0.15) is 4.98 Å². The van der Waals surface area contributed by atoms with Crippen LogP contribution < -0.4 is 19.4 Å². The molecule has 2 aliphatic heterocycles. The normalized spacial score (nSPS) is 16.0. The van der Waals surface area contributed by atoms with Gasteiger partial charge < -0.3 is 24.5 Å². The predicted octanol–water partition coefficient (Wildman–Crippen LogP) is 3.67. The molecule has 2 aliphatic rings. The van der Waals surface area contributed by atoms with Crippen LogP contribution in [0.3, 0.4) is 0 Å². The Hall–Kier alpha value is -3.59. The average molecular weight is 507 g/mol. The Morgan fingerprint density at radius 2 is 1.76 bits per heavy atom. The second kappa shape index (κ2) is 10.8.